The van der Waals surface area contributed by atoms with Gasteiger partial charge in [0.1, 0.15) is 0 Å². The molecule has 11 heavy (non-hydrogen) atoms. The minimum atomic E-state index is -0.340. The highest BCUT2D eigenvalue weighted by molar-refractivity contribution is 6.26. The first kappa shape index (κ1) is 8.40. The summed E-state index contributed by atoms with van der Waals surface area (Å²) < 4.78 is 5.12. The Morgan fingerprint density at radius 2 is 2.27 bits per heavy atom. The Labute approximate surface area is 65.7 Å². The summed E-state index contributed by atoms with van der Waals surface area (Å²) in [5.41, 5.74) is -0.169. The van der Waals surface area contributed by atoms with E-state index in [1.807, 2.05) is 13.8 Å². The molecule has 1 aliphatic heterocycles. The van der Waals surface area contributed by atoms with E-state index >= 15 is 0 Å². The topological polar surface area (TPSA) is 43.4 Å². The SMILES string of the molecule is CC1(C)COCC1C(=O)C=O. The molecule has 1 aliphatic rings. The van der Waals surface area contributed by atoms with Crippen molar-refractivity contribution < 1.29 is 14.3 Å². The van der Waals surface area contributed by atoms with Crippen LogP contribution in [0.3, 0.4) is 0 Å². The molecule has 0 radical (unpaired) electrons. The maximum absolute atomic E-state index is 11.0. The van der Waals surface area contributed by atoms with Crippen molar-refractivity contribution in [1.82, 2.24) is 0 Å². The molecule has 0 aromatic heterocycles. The number of rotatable bonds is 2. The molecule has 0 aromatic rings. The van der Waals surface area contributed by atoms with Crippen molar-refractivity contribution in [1.29, 1.82) is 0 Å². The first-order valence-corrected chi connectivity index (χ1v) is 3.65. The molecule has 62 valence electrons. The van der Waals surface area contributed by atoms with Gasteiger partial charge in [-0.25, -0.2) is 0 Å². The third kappa shape index (κ3) is 1.48. The Hall–Kier alpha value is -0.700. The van der Waals surface area contributed by atoms with E-state index in [0.29, 0.717) is 19.5 Å². The number of ether oxygens (including phenoxy) is 1. The average Bonchev–Trinajstić information content (AvgIpc) is 2.28. The van der Waals surface area contributed by atoms with Crippen molar-refractivity contribution in [3.05, 3.63) is 0 Å². The van der Waals surface area contributed by atoms with Crippen LogP contribution in [-0.4, -0.2) is 25.3 Å². The normalized spacial score (nSPS) is 28.4. The second-order valence-corrected chi connectivity index (χ2v) is 3.58. The maximum Gasteiger partial charge on any atom is 0.201 e. The molecule has 0 aromatic carbocycles. The van der Waals surface area contributed by atoms with Crippen LogP contribution in [-0.2, 0) is 14.3 Å². The predicted molar refractivity (Wildman–Crippen MR) is 39.2 cm³/mol. The standard InChI is InChI=1S/C8H12O3/c1-8(2)5-11-4-6(8)7(10)3-9/h3,6H,4-5H2,1-2H3. The number of hydrogen-bond donors (Lipinski definition) is 0. The molecule has 1 unspecified atom stereocenters. The van der Waals surface area contributed by atoms with Crippen LogP contribution in [0.1, 0.15) is 13.8 Å². The number of hydrogen-bond acceptors (Lipinski definition) is 3. The van der Waals surface area contributed by atoms with Crippen LogP contribution in [0.5, 0.6) is 0 Å². The van der Waals surface area contributed by atoms with Gasteiger partial charge in [0.05, 0.1) is 19.1 Å². The van der Waals surface area contributed by atoms with E-state index in [-0.39, 0.29) is 17.1 Å². The fraction of sp³-hybridized carbons (Fsp3) is 0.750. The quantitative estimate of drug-likeness (QED) is 0.430. The lowest BCUT2D eigenvalue weighted by molar-refractivity contribution is -0.134. The van der Waals surface area contributed by atoms with Gasteiger partial charge in [0.15, 0.2) is 6.29 Å². The minimum Gasteiger partial charge on any atom is -0.380 e. The zero-order valence-corrected chi connectivity index (χ0v) is 6.79. The fourth-order valence-corrected chi connectivity index (χ4v) is 1.32. The highest BCUT2D eigenvalue weighted by Gasteiger charge is 2.39. The molecule has 0 spiro atoms. The van der Waals surface area contributed by atoms with Crippen molar-refractivity contribution in [3.63, 3.8) is 0 Å². The fourth-order valence-electron chi connectivity index (χ4n) is 1.32. The summed E-state index contributed by atoms with van der Waals surface area (Å²) in [5, 5.41) is 0. The van der Waals surface area contributed by atoms with Gasteiger partial charge < -0.3 is 4.74 Å². The Morgan fingerprint density at radius 3 is 2.64 bits per heavy atom. The lowest BCUT2D eigenvalue weighted by Gasteiger charge is -2.20. The van der Waals surface area contributed by atoms with E-state index in [0.717, 1.165) is 0 Å². The maximum atomic E-state index is 11.0. The van der Waals surface area contributed by atoms with Gasteiger partial charge in [0.2, 0.25) is 5.78 Å². The smallest absolute Gasteiger partial charge is 0.201 e. The van der Waals surface area contributed by atoms with Gasteiger partial charge in [-0.2, -0.15) is 0 Å². The second-order valence-electron chi connectivity index (χ2n) is 3.58. The Bertz CT molecular complexity index is 184. The van der Waals surface area contributed by atoms with Crippen molar-refractivity contribution in [3.8, 4) is 0 Å². The van der Waals surface area contributed by atoms with Gasteiger partial charge in [-0.15, -0.1) is 0 Å². The van der Waals surface area contributed by atoms with E-state index < -0.39 is 0 Å². The lowest BCUT2D eigenvalue weighted by atomic mass is 9.80. The summed E-state index contributed by atoms with van der Waals surface area (Å²) in [6.45, 7) is 4.83. The molecular weight excluding hydrogens is 144 g/mol. The molecule has 1 saturated heterocycles. The van der Waals surface area contributed by atoms with Crippen molar-refractivity contribution in [2.75, 3.05) is 13.2 Å². The van der Waals surface area contributed by atoms with Gasteiger partial charge in [-0.05, 0) is 0 Å². The highest BCUT2D eigenvalue weighted by Crippen LogP contribution is 2.33. The highest BCUT2D eigenvalue weighted by atomic mass is 16.5. The van der Waals surface area contributed by atoms with Crippen LogP contribution in [0.2, 0.25) is 0 Å². The third-order valence-corrected chi connectivity index (χ3v) is 2.16. The first-order chi connectivity index (χ1) is 5.08. The number of carbonyl (C=O) groups is 2. The number of ketones is 1. The number of aldehydes is 1. The molecule has 0 N–H and O–H groups in total. The summed E-state index contributed by atoms with van der Waals surface area (Å²) in [6.07, 6.45) is 0.390. The van der Waals surface area contributed by atoms with Crippen LogP contribution in [0.4, 0.5) is 0 Å². The molecule has 0 saturated carbocycles. The van der Waals surface area contributed by atoms with E-state index in [1.54, 1.807) is 0 Å². The summed E-state index contributed by atoms with van der Waals surface area (Å²) in [6, 6.07) is 0. The van der Waals surface area contributed by atoms with E-state index in [9.17, 15) is 9.59 Å². The lowest BCUT2D eigenvalue weighted by Crippen LogP contribution is -2.29. The number of Topliss-reactive ketones (excluding diaryl/α,β-unsaturated/α-hetero) is 1. The van der Waals surface area contributed by atoms with Crippen LogP contribution >= 0.6 is 0 Å². The van der Waals surface area contributed by atoms with E-state index in [4.69, 9.17) is 4.74 Å². The molecule has 1 heterocycles. The monoisotopic (exact) mass is 156 g/mol. The molecule has 1 fully saturated rings. The van der Waals surface area contributed by atoms with Crippen molar-refractivity contribution in [2.24, 2.45) is 11.3 Å². The zero-order valence-electron chi connectivity index (χ0n) is 6.79. The molecule has 0 bridgehead atoms. The second kappa shape index (κ2) is 2.74. The Morgan fingerprint density at radius 1 is 1.64 bits per heavy atom. The largest absolute Gasteiger partial charge is 0.380 e. The van der Waals surface area contributed by atoms with Gasteiger partial charge in [-0.1, -0.05) is 13.8 Å². The third-order valence-electron chi connectivity index (χ3n) is 2.16. The summed E-state index contributed by atoms with van der Waals surface area (Å²) in [4.78, 5) is 21.2. The molecule has 3 heteroatoms. The molecular formula is C8H12O3. The Kier molecular flexibility index (Phi) is 2.09. The average molecular weight is 156 g/mol. The van der Waals surface area contributed by atoms with E-state index in [2.05, 4.69) is 0 Å². The molecule has 0 aliphatic carbocycles. The summed E-state index contributed by atoms with van der Waals surface area (Å²) >= 11 is 0. The van der Waals surface area contributed by atoms with Gasteiger partial charge in [0, 0.05) is 5.41 Å². The van der Waals surface area contributed by atoms with Crippen molar-refractivity contribution in [2.45, 2.75) is 13.8 Å². The van der Waals surface area contributed by atoms with Gasteiger partial charge in [-0.3, -0.25) is 9.59 Å². The zero-order chi connectivity index (χ0) is 8.48. The van der Waals surface area contributed by atoms with Gasteiger partial charge >= 0.3 is 0 Å². The summed E-state index contributed by atoms with van der Waals surface area (Å²) in [5.74, 6) is -0.576. The molecule has 0 amide bonds. The van der Waals surface area contributed by atoms with Crippen LogP contribution in [0.15, 0.2) is 0 Å². The van der Waals surface area contributed by atoms with Crippen LogP contribution in [0, 0.1) is 11.3 Å². The first-order valence-electron chi connectivity index (χ1n) is 3.65. The van der Waals surface area contributed by atoms with Crippen molar-refractivity contribution >= 4 is 12.1 Å². The predicted octanol–water partition coefficient (Wildman–Crippen LogP) is 0.427. The summed E-state index contributed by atoms with van der Waals surface area (Å²) in [7, 11) is 0. The van der Waals surface area contributed by atoms with Crippen LogP contribution in [0.25, 0.3) is 0 Å². The minimum absolute atomic E-state index is 0.169. The Balaban J connectivity index is 2.72. The molecule has 1 atom stereocenters. The molecule has 3 nitrogen and oxygen atoms in total. The van der Waals surface area contributed by atoms with E-state index in [1.165, 1.54) is 0 Å². The number of carbonyl (C=O) groups excluding carboxylic acids is 2. The van der Waals surface area contributed by atoms with Crippen LogP contribution < -0.4 is 0 Å². The molecule has 1 rings (SSSR count). The van der Waals surface area contributed by atoms with Gasteiger partial charge in [0.25, 0.3) is 0 Å².